The van der Waals surface area contributed by atoms with Gasteiger partial charge in [-0.15, -0.1) is 0 Å². The van der Waals surface area contributed by atoms with Gasteiger partial charge in [-0.25, -0.2) is 17.6 Å². The van der Waals surface area contributed by atoms with Crippen molar-refractivity contribution >= 4 is 0 Å². The van der Waals surface area contributed by atoms with Gasteiger partial charge < -0.3 is 14.2 Å². The number of alkyl halides is 7. The van der Waals surface area contributed by atoms with Crippen molar-refractivity contribution in [3.8, 4) is 0 Å². The molecule has 2 atom stereocenters. The molecular weight excluding hydrogens is 325 g/mol. The van der Waals surface area contributed by atoms with Gasteiger partial charge in [-0.05, 0) is 6.42 Å². The maximum Gasteiger partial charge on any atom is 0.423 e. The Morgan fingerprint density at radius 3 is 2.05 bits per heavy atom. The van der Waals surface area contributed by atoms with Crippen molar-refractivity contribution in [2.24, 2.45) is 0 Å². The van der Waals surface area contributed by atoms with Crippen LogP contribution in [0.4, 0.5) is 30.7 Å². The first-order valence-corrected chi connectivity index (χ1v) is 6.43. The smallest absolute Gasteiger partial charge is 0.382 e. The van der Waals surface area contributed by atoms with Gasteiger partial charge in [-0.2, -0.15) is 13.2 Å². The molecule has 3 nitrogen and oxygen atoms in total. The molecular formula is C12H19F7O3. The lowest BCUT2D eigenvalue weighted by Crippen LogP contribution is -2.63. The zero-order chi connectivity index (χ0) is 17.4. The second-order valence-electron chi connectivity index (χ2n) is 4.54. The largest absolute Gasteiger partial charge is 0.423 e. The molecule has 0 radical (unpaired) electrons. The summed E-state index contributed by atoms with van der Waals surface area (Å²) in [6.07, 6.45) is -10.1. The van der Waals surface area contributed by atoms with E-state index in [4.69, 9.17) is 0 Å². The third kappa shape index (κ3) is 5.24. The minimum absolute atomic E-state index is 0.0113. The number of rotatable bonds is 11. The normalized spacial score (nSPS) is 17.3. The van der Waals surface area contributed by atoms with Gasteiger partial charge in [0.1, 0.15) is 13.0 Å². The molecule has 0 aliphatic carbocycles. The van der Waals surface area contributed by atoms with E-state index in [0.717, 1.165) is 0 Å². The number of ether oxygens (including phenoxy) is 3. The number of hydrogen-bond acceptors (Lipinski definition) is 3. The predicted octanol–water partition coefficient (Wildman–Crippen LogP) is 3.67. The summed E-state index contributed by atoms with van der Waals surface area (Å²) in [5.74, 6) is -4.95. The Morgan fingerprint density at radius 1 is 1.05 bits per heavy atom. The van der Waals surface area contributed by atoms with Crippen LogP contribution in [0.2, 0.25) is 0 Å². The Bertz CT molecular complexity index is 312. The lowest BCUT2D eigenvalue weighted by molar-refractivity contribution is -0.368. The van der Waals surface area contributed by atoms with Crippen LogP contribution in [0.3, 0.4) is 0 Å². The molecule has 0 aromatic heterocycles. The summed E-state index contributed by atoms with van der Waals surface area (Å²) < 4.78 is 106. The van der Waals surface area contributed by atoms with Crippen molar-refractivity contribution in [3.63, 3.8) is 0 Å². The summed E-state index contributed by atoms with van der Waals surface area (Å²) in [5.41, 5.74) is -4.29. The predicted molar refractivity (Wildman–Crippen MR) is 63.3 cm³/mol. The highest BCUT2D eigenvalue weighted by Gasteiger charge is 2.71. The summed E-state index contributed by atoms with van der Waals surface area (Å²) in [7, 11) is 1.29. The van der Waals surface area contributed by atoms with E-state index in [2.05, 4.69) is 14.2 Å². The molecule has 134 valence electrons. The number of hydrogen-bond donors (Lipinski definition) is 0. The first kappa shape index (κ1) is 21.4. The van der Waals surface area contributed by atoms with E-state index in [1.165, 1.54) is 14.0 Å². The Labute approximate surface area is 123 Å². The van der Waals surface area contributed by atoms with Gasteiger partial charge in [0.25, 0.3) is 0 Å². The van der Waals surface area contributed by atoms with Gasteiger partial charge in [-0.3, -0.25) is 0 Å². The lowest BCUT2D eigenvalue weighted by atomic mass is 9.88. The standard InChI is InChI=1S/C12H19F7O3/c1-3-9(14)6-10(12(17,18)19,11(15,16)7-13)22-8-21-5-4-20-2/h9H,3-8H2,1-2H3. The molecule has 0 aliphatic rings. The molecule has 0 rings (SSSR count). The van der Waals surface area contributed by atoms with Crippen molar-refractivity contribution < 1.29 is 44.9 Å². The molecule has 2 unspecified atom stereocenters. The van der Waals surface area contributed by atoms with E-state index < -0.39 is 50.2 Å². The monoisotopic (exact) mass is 344 g/mol. The fourth-order valence-corrected chi connectivity index (χ4v) is 1.63. The van der Waals surface area contributed by atoms with E-state index >= 15 is 0 Å². The van der Waals surface area contributed by atoms with E-state index in [0.29, 0.717) is 0 Å². The maximum absolute atomic E-state index is 13.6. The van der Waals surface area contributed by atoms with E-state index in [-0.39, 0.29) is 13.2 Å². The molecule has 0 heterocycles. The van der Waals surface area contributed by atoms with Crippen LogP contribution in [0.15, 0.2) is 0 Å². The van der Waals surface area contributed by atoms with Crippen LogP contribution in [0.5, 0.6) is 0 Å². The molecule has 0 saturated heterocycles. The van der Waals surface area contributed by atoms with Gasteiger partial charge in [0.15, 0.2) is 6.67 Å². The average Bonchev–Trinajstić information content (AvgIpc) is 2.43. The molecule has 0 aromatic carbocycles. The first-order chi connectivity index (χ1) is 10.1. The second kappa shape index (κ2) is 8.88. The van der Waals surface area contributed by atoms with Crippen LogP contribution in [0.1, 0.15) is 19.8 Å². The first-order valence-electron chi connectivity index (χ1n) is 6.43. The van der Waals surface area contributed by atoms with E-state index in [1.807, 2.05) is 0 Å². The van der Waals surface area contributed by atoms with E-state index in [1.54, 1.807) is 0 Å². The van der Waals surface area contributed by atoms with Gasteiger partial charge in [0.2, 0.25) is 5.60 Å². The minimum atomic E-state index is -5.69. The molecule has 0 fully saturated rings. The maximum atomic E-state index is 13.6. The highest BCUT2D eigenvalue weighted by Crippen LogP contribution is 2.48. The Morgan fingerprint density at radius 2 is 1.64 bits per heavy atom. The zero-order valence-corrected chi connectivity index (χ0v) is 12.2. The molecule has 0 amide bonds. The van der Waals surface area contributed by atoms with Gasteiger partial charge in [0, 0.05) is 13.5 Å². The topological polar surface area (TPSA) is 27.7 Å². The minimum Gasteiger partial charge on any atom is -0.382 e. The Balaban J connectivity index is 5.30. The van der Waals surface area contributed by atoms with Crippen molar-refractivity contribution in [1.29, 1.82) is 0 Å². The van der Waals surface area contributed by atoms with Gasteiger partial charge in [-0.1, -0.05) is 6.92 Å². The van der Waals surface area contributed by atoms with Crippen LogP contribution in [0.25, 0.3) is 0 Å². The summed E-state index contributed by atoms with van der Waals surface area (Å²) in [5, 5.41) is 0. The SMILES string of the molecule is CCC(F)CC(OCOCCOC)(C(F)(F)F)C(F)(F)CF. The Kier molecular flexibility index (Phi) is 8.63. The molecule has 0 N–H and O–H groups in total. The van der Waals surface area contributed by atoms with Crippen LogP contribution < -0.4 is 0 Å². The third-order valence-corrected chi connectivity index (χ3v) is 2.99. The van der Waals surface area contributed by atoms with Crippen molar-refractivity contribution in [2.45, 2.75) is 43.6 Å². The van der Waals surface area contributed by atoms with Gasteiger partial charge in [0.05, 0.1) is 13.2 Å². The van der Waals surface area contributed by atoms with Crippen LogP contribution in [-0.2, 0) is 14.2 Å². The number of halogens is 7. The molecule has 10 heteroatoms. The molecule has 0 bridgehead atoms. The molecule has 0 aromatic rings. The summed E-state index contributed by atoms with van der Waals surface area (Å²) in [6.45, 7) is -2.90. The lowest BCUT2D eigenvalue weighted by Gasteiger charge is -2.40. The summed E-state index contributed by atoms with van der Waals surface area (Å²) in [6, 6.07) is 0. The second-order valence-corrected chi connectivity index (χ2v) is 4.54. The van der Waals surface area contributed by atoms with E-state index in [9.17, 15) is 30.7 Å². The quantitative estimate of drug-likeness (QED) is 0.325. The summed E-state index contributed by atoms with van der Waals surface area (Å²) >= 11 is 0. The molecule has 22 heavy (non-hydrogen) atoms. The highest BCUT2D eigenvalue weighted by atomic mass is 19.4. The van der Waals surface area contributed by atoms with Gasteiger partial charge >= 0.3 is 12.1 Å². The highest BCUT2D eigenvalue weighted by molar-refractivity contribution is 5.02. The van der Waals surface area contributed by atoms with Crippen LogP contribution >= 0.6 is 0 Å². The number of methoxy groups -OCH3 is 1. The third-order valence-electron chi connectivity index (χ3n) is 2.99. The fourth-order valence-electron chi connectivity index (χ4n) is 1.63. The molecule has 0 spiro atoms. The molecule has 0 aliphatic heterocycles. The Hall–Kier alpha value is -0.610. The fraction of sp³-hybridized carbons (Fsp3) is 1.00. The average molecular weight is 344 g/mol. The van der Waals surface area contributed by atoms with Crippen molar-refractivity contribution in [3.05, 3.63) is 0 Å². The van der Waals surface area contributed by atoms with Crippen molar-refractivity contribution in [2.75, 3.05) is 33.8 Å². The van der Waals surface area contributed by atoms with Crippen LogP contribution in [0, 0.1) is 0 Å². The zero-order valence-electron chi connectivity index (χ0n) is 12.2. The van der Waals surface area contributed by atoms with Crippen molar-refractivity contribution in [1.82, 2.24) is 0 Å². The molecule has 0 saturated carbocycles. The summed E-state index contributed by atoms with van der Waals surface area (Å²) in [4.78, 5) is 0. The van der Waals surface area contributed by atoms with Crippen LogP contribution in [-0.4, -0.2) is 57.7 Å².